The molecule has 1 heterocycles. The molecule has 2 N–H and O–H groups in total. The van der Waals surface area contributed by atoms with Gasteiger partial charge in [0.05, 0.1) is 13.0 Å². The van der Waals surface area contributed by atoms with Crippen LogP contribution in [0.5, 0.6) is 5.75 Å². The molecule has 0 bridgehead atoms. The van der Waals surface area contributed by atoms with Crippen molar-refractivity contribution >= 4 is 18.3 Å². The SMILES string of the molecule is Cc1ccc(OCCC(=O)N2C[C@@H](CN)[C@H](c3ccccc3)C2)c(C)c1.Cl. The summed E-state index contributed by atoms with van der Waals surface area (Å²) in [5.74, 6) is 1.64. The molecule has 2 aromatic carbocycles. The summed E-state index contributed by atoms with van der Waals surface area (Å²) in [5.41, 5.74) is 9.55. The van der Waals surface area contributed by atoms with E-state index in [0.717, 1.165) is 24.4 Å². The third-order valence-electron chi connectivity index (χ3n) is 5.23. The van der Waals surface area contributed by atoms with E-state index in [0.29, 0.717) is 31.4 Å². The second kappa shape index (κ2) is 9.77. The molecule has 1 aliphatic rings. The summed E-state index contributed by atoms with van der Waals surface area (Å²) in [7, 11) is 0. The van der Waals surface area contributed by atoms with Crippen molar-refractivity contribution in [3.8, 4) is 5.75 Å². The van der Waals surface area contributed by atoms with Crippen molar-refractivity contribution in [1.82, 2.24) is 4.90 Å². The van der Waals surface area contributed by atoms with E-state index >= 15 is 0 Å². The summed E-state index contributed by atoms with van der Waals surface area (Å²) in [5, 5.41) is 0. The molecular formula is C22H29ClN2O2. The Morgan fingerprint density at radius 3 is 2.56 bits per heavy atom. The molecule has 1 fully saturated rings. The number of hydrogen-bond donors (Lipinski definition) is 1. The fraction of sp³-hybridized carbons (Fsp3) is 0.409. The largest absolute Gasteiger partial charge is 0.493 e. The van der Waals surface area contributed by atoms with Crippen molar-refractivity contribution in [3.05, 3.63) is 65.2 Å². The number of amides is 1. The van der Waals surface area contributed by atoms with Crippen LogP contribution >= 0.6 is 12.4 Å². The van der Waals surface area contributed by atoms with Gasteiger partial charge in [-0.15, -0.1) is 12.4 Å². The summed E-state index contributed by atoms with van der Waals surface area (Å²) in [6.07, 6.45) is 0.395. The number of nitrogens with two attached hydrogens (primary N) is 1. The molecule has 0 spiro atoms. The zero-order chi connectivity index (χ0) is 18.5. The van der Waals surface area contributed by atoms with Gasteiger partial charge in [0, 0.05) is 19.0 Å². The average Bonchev–Trinajstić information content (AvgIpc) is 3.09. The van der Waals surface area contributed by atoms with E-state index in [1.165, 1.54) is 11.1 Å². The summed E-state index contributed by atoms with van der Waals surface area (Å²) < 4.78 is 5.81. The normalized spacial score (nSPS) is 18.9. The molecule has 1 amide bonds. The third-order valence-corrected chi connectivity index (χ3v) is 5.23. The number of carbonyl (C=O) groups excluding carboxylic acids is 1. The molecule has 4 nitrogen and oxygen atoms in total. The van der Waals surface area contributed by atoms with E-state index < -0.39 is 0 Å². The van der Waals surface area contributed by atoms with Gasteiger partial charge < -0.3 is 15.4 Å². The molecule has 0 aromatic heterocycles. The summed E-state index contributed by atoms with van der Waals surface area (Å²) in [6.45, 7) is 6.57. The van der Waals surface area contributed by atoms with E-state index in [9.17, 15) is 4.79 Å². The Morgan fingerprint density at radius 1 is 1.15 bits per heavy atom. The number of ether oxygens (including phenoxy) is 1. The second-order valence-corrected chi connectivity index (χ2v) is 7.18. The van der Waals surface area contributed by atoms with Crippen molar-refractivity contribution in [2.45, 2.75) is 26.2 Å². The van der Waals surface area contributed by atoms with Gasteiger partial charge in [-0.25, -0.2) is 0 Å². The average molecular weight is 389 g/mol. The van der Waals surface area contributed by atoms with Gasteiger partial charge in [0.2, 0.25) is 5.91 Å². The van der Waals surface area contributed by atoms with E-state index in [2.05, 4.69) is 25.1 Å². The van der Waals surface area contributed by atoms with Crippen molar-refractivity contribution in [3.63, 3.8) is 0 Å². The molecular weight excluding hydrogens is 360 g/mol. The first kappa shape index (κ1) is 21.3. The fourth-order valence-corrected chi connectivity index (χ4v) is 3.76. The van der Waals surface area contributed by atoms with Crippen LogP contribution in [-0.4, -0.2) is 37.0 Å². The number of nitrogens with zero attached hydrogens (tertiary/aromatic N) is 1. The molecule has 1 aliphatic heterocycles. The van der Waals surface area contributed by atoms with Crippen LogP contribution in [0.3, 0.4) is 0 Å². The number of carbonyl (C=O) groups is 1. The van der Waals surface area contributed by atoms with Gasteiger partial charge in [-0.05, 0) is 43.5 Å². The predicted octanol–water partition coefficient (Wildman–Crippen LogP) is 3.70. The van der Waals surface area contributed by atoms with E-state index in [4.69, 9.17) is 10.5 Å². The Labute approximate surface area is 168 Å². The van der Waals surface area contributed by atoms with E-state index in [1.54, 1.807) is 0 Å². The van der Waals surface area contributed by atoms with Crippen molar-refractivity contribution in [1.29, 1.82) is 0 Å². The Kier molecular flexibility index (Phi) is 7.69. The van der Waals surface area contributed by atoms with Crippen molar-refractivity contribution in [2.24, 2.45) is 11.7 Å². The first-order chi connectivity index (χ1) is 12.6. The third kappa shape index (κ3) is 5.24. The zero-order valence-corrected chi connectivity index (χ0v) is 16.9. The second-order valence-electron chi connectivity index (χ2n) is 7.18. The lowest BCUT2D eigenvalue weighted by Gasteiger charge is -2.17. The lowest BCUT2D eigenvalue weighted by Crippen LogP contribution is -2.30. The van der Waals surface area contributed by atoms with Gasteiger partial charge >= 0.3 is 0 Å². The van der Waals surface area contributed by atoms with Gasteiger partial charge in [0.25, 0.3) is 0 Å². The maximum absolute atomic E-state index is 12.6. The highest BCUT2D eigenvalue weighted by Crippen LogP contribution is 2.32. The lowest BCUT2D eigenvalue weighted by atomic mass is 9.89. The number of aryl methyl sites for hydroxylation is 2. The van der Waals surface area contributed by atoms with Gasteiger partial charge in [-0.2, -0.15) is 0 Å². The minimum absolute atomic E-state index is 0. The quantitative estimate of drug-likeness (QED) is 0.820. The Hall–Kier alpha value is -2.04. The summed E-state index contributed by atoms with van der Waals surface area (Å²) in [4.78, 5) is 14.6. The number of halogens is 1. The smallest absolute Gasteiger partial charge is 0.226 e. The summed E-state index contributed by atoms with van der Waals surface area (Å²) >= 11 is 0. The standard InChI is InChI=1S/C22H28N2O2.ClH/c1-16-8-9-21(17(2)12-16)26-11-10-22(25)24-14-19(13-23)20(15-24)18-6-4-3-5-7-18;/h3-9,12,19-20H,10-11,13-15,23H2,1-2H3;1H/t19-,20+;/m1./s1. The van der Waals surface area contributed by atoms with Crippen LogP contribution in [0.15, 0.2) is 48.5 Å². The molecule has 27 heavy (non-hydrogen) atoms. The van der Waals surface area contributed by atoms with E-state index in [-0.39, 0.29) is 18.3 Å². The van der Waals surface area contributed by atoms with Crippen molar-refractivity contribution < 1.29 is 9.53 Å². The molecule has 0 unspecified atom stereocenters. The van der Waals surface area contributed by atoms with Crippen LogP contribution in [0, 0.1) is 19.8 Å². The van der Waals surface area contributed by atoms with Crippen LogP contribution < -0.4 is 10.5 Å². The monoisotopic (exact) mass is 388 g/mol. The van der Waals surface area contributed by atoms with Gasteiger partial charge in [0.1, 0.15) is 5.75 Å². The lowest BCUT2D eigenvalue weighted by molar-refractivity contribution is -0.130. The van der Waals surface area contributed by atoms with Crippen molar-refractivity contribution in [2.75, 3.05) is 26.2 Å². The molecule has 2 aromatic rings. The first-order valence-electron chi connectivity index (χ1n) is 9.31. The topological polar surface area (TPSA) is 55.6 Å². The number of rotatable bonds is 6. The maximum Gasteiger partial charge on any atom is 0.226 e. The molecule has 5 heteroatoms. The van der Waals surface area contributed by atoms with Gasteiger partial charge in [-0.3, -0.25) is 4.79 Å². The van der Waals surface area contributed by atoms with E-state index in [1.807, 2.05) is 42.2 Å². The molecule has 0 saturated carbocycles. The van der Waals surface area contributed by atoms with Crippen LogP contribution in [0.25, 0.3) is 0 Å². The Balaban J connectivity index is 0.00000261. The molecule has 3 rings (SSSR count). The minimum Gasteiger partial charge on any atom is -0.493 e. The molecule has 1 saturated heterocycles. The number of benzene rings is 2. The van der Waals surface area contributed by atoms with Crippen LogP contribution in [0.1, 0.15) is 29.0 Å². The maximum atomic E-state index is 12.6. The molecule has 0 aliphatic carbocycles. The summed E-state index contributed by atoms with van der Waals surface area (Å²) in [6, 6.07) is 16.5. The molecule has 2 atom stereocenters. The molecule has 0 radical (unpaired) electrons. The Morgan fingerprint density at radius 2 is 1.89 bits per heavy atom. The molecule has 146 valence electrons. The Bertz CT molecular complexity index is 751. The number of hydrogen-bond acceptors (Lipinski definition) is 3. The van der Waals surface area contributed by atoms with Gasteiger partial charge in [-0.1, -0.05) is 48.0 Å². The predicted molar refractivity (Wildman–Crippen MR) is 112 cm³/mol. The minimum atomic E-state index is 0. The fourth-order valence-electron chi connectivity index (χ4n) is 3.76. The highest BCUT2D eigenvalue weighted by Gasteiger charge is 2.34. The highest BCUT2D eigenvalue weighted by atomic mass is 35.5. The van der Waals surface area contributed by atoms with Crippen LogP contribution in [0.4, 0.5) is 0 Å². The van der Waals surface area contributed by atoms with Crippen LogP contribution in [-0.2, 0) is 4.79 Å². The zero-order valence-electron chi connectivity index (χ0n) is 16.1. The van der Waals surface area contributed by atoms with Crippen LogP contribution in [0.2, 0.25) is 0 Å². The first-order valence-corrected chi connectivity index (χ1v) is 9.31. The number of likely N-dealkylation sites (tertiary alicyclic amines) is 1. The van der Waals surface area contributed by atoms with Gasteiger partial charge in [0.15, 0.2) is 0 Å². The highest BCUT2D eigenvalue weighted by molar-refractivity contribution is 5.85.